The molecule has 3 aromatic rings. The molecule has 1 saturated heterocycles. The third kappa shape index (κ3) is 9.19. The van der Waals surface area contributed by atoms with Crippen molar-refractivity contribution < 1.29 is 74.8 Å². The summed E-state index contributed by atoms with van der Waals surface area (Å²) in [7, 11) is -23.3. The molecular formula is C20H24N2O18P4. The zero-order valence-corrected chi connectivity index (χ0v) is 25.3. The normalized spacial score (nSPS) is 26.0. The SMILES string of the molecule is O=c1ccn(C2OC(COP(=O)(O)OP(=O)(O)OP(=O)(O)OP(=O)(O)OCc3ccc4ccccc4c3)C(O)C2O)c(=O)[nH]1. The van der Waals surface area contributed by atoms with Crippen LogP contribution in [0.5, 0.6) is 0 Å². The van der Waals surface area contributed by atoms with E-state index in [4.69, 9.17) is 4.74 Å². The van der Waals surface area contributed by atoms with Gasteiger partial charge in [-0.25, -0.2) is 23.1 Å². The summed E-state index contributed by atoms with van der Waals surface area (Å²) >= 11 is 0. The number of aromatic nitrogens is 2. The Kier molecular flexibility index (Phi) is 10.5. The van der Waals surface area contributed by atoms with Crippen molar-refractivity contribution in [3.05, 3.63) is 81.1 Å². The molecule has 7 N–H and O–H groups in total. The first-order valence-corrected chi connectivity index (χ1v) is 17.9. The van der Waals surface area contributed by atoms with Gasteiger partial charge in [-0.3, -0.25) is 23.4 Å². The maximum absolute atomic E-state index is 12.2. The summed E-state index contributed by atoms with van der Waals surface area (Å²) in [5, 5.41) is 21.9. The van der Waals surface area contributed by atoms with Gasteiger partial charge in [-0.2, -0.15) is 12.9 Å². The summed E-state index contributed by atoms with van der Waals surface area (Å²) in [5.74, 6) is 0. The number of nitrogens with one attached hydrogen (secondary N) is 1. The molecule has 1 aliphatic heterocycles. The van der Waals surface area contributed by atoms with Gasteiger partial charge in [0.15, 0.2) is 6.23 Å². The zero-order chi connectivity index (χ0) is 32.5. The van der Waals surface area contributed by atoms with Crippen LogP contribution >= 0.6 is 31.3 Å². The second-order valence-corrected chi connectivity index (χ2v) is 15.2. The summed E-state index contributed by atoms with van der Waals surface area (Å²) in [6.07, 6.45) is -6.03. The van der Waals surface area contributed by atoms with Crippen LogP contribution in [0.25, 0.3) is 10.8 Å². The van der Waals surface area contributed by atoms with Gasteiger partial charge in [0.25, 0.3) is 5.56 Å². The second-order valence-electron chi connectivity index (χ2n) is 8.93. The van der Waals surface area contributed by atoms with Gasteiger partial charge in [0.1, 0.15) is 18.3 Å². The van der Waals surface area contributed by atoms with Crippen molar-refractivity contribution in [3.63, 3.8) is 0 Å². The highest BCUT2D eigenvalue weighted by atomic mass is 31.3. The molecule has 242 valence electrons. The molecule has 0 amide bonds. The lowest BCUT2D eigenvalue weighted by atomic mass is 10.1. The quantitative estimate of drug-likeness (QED) is 0.122. The summed E-state index contributed by atoms with van der Waals surface area (Å²) in [6, 6.07) is 12.7. The van der Waals surface area contributed by atoms with Crippen LogP contribution in [0.4, 0.5) is 0 Å². The Morgan fingerprint density at radius 2 is 1.36 bits per heavy atom. The number of aliphatic hydroxyl groups is 2. The van der Waals surface area contributed by atoms with E-state index in [0.29, 0.717) is 10.1 Å². The number of aliphatic hydroxyl groups excluding tert-OH is 2. The molecule has 0 radical (unpaired) electrons. The minimum absolute atomic E-state index is 0.339. The van der Waals surface area contributed by atoms with Crippen molar-refractivity contribution in [1.29, 1.82) is 0 Å². The molecule has 20 nitrogen and oxygen atoms in total. The van der Waals surface area contributed by atoms with Crippen LogP contribution < -0.4 is 11.2 Å². The monoisotopic (exact) mass is 704 g/mol. The summed E-state index contributed by atoms with van der Waals surface area (Å²) in [6.45, 7) is -1.75. The van der Waals surface area contributed by atoms with Gasteiger partial charge in [-0.05, 0) is 22.4 Å². The fourth-order valence-corrected chi connectivity index (χ4v) is 8.77. The Balaban J connectivity index is 1.31. The van der Waals surface area contributed by atoms with Crippen molar-refractivity contribution in [2.75, 3.05) is 6.61 Å². The minimum Gasteiger partial charge on any atom is -0.387 e. The van der Waals surface area contributed by atoms with E-state index in [9.17, 15) is 57.6 Å². The topological polar surface area (TPSA) is 300 Å². The molecule has 4 rings (SSSR count). The number of aromatic amines is 1. The van der Waals surface area contributed by atoms with Crippen molar-refractivity contribution in [1.82, 2.24) is 9.55 Å². The minimum atomic E-state index is -6.08. The van der Waals surface area contributed by atoms with E-state index in [2.05, 4.69) is 22.0 Å². The van der Waals surface area contributed by atoms with Gasteiger partial charge < -0.3 is 34.5 Å². The van der Waals surface area contributed by atoms with Crippen LogP contribution in [-0.4, -0.2) is 64.3 Å². The Morgan fingerprint density at radius 3 is 2.00 bits per heavy atom. The van der Waals surface area contributed by atoms with Gasteiger partial charge >= 0.3 is 37.0 Å². The predicted octanol–water partition coefficient (Wildman–Crippen LogP) is 0.994. The average molecular weight is 704 g/mol. The highest BCUT2D eigenvalue weighted by Gasteiger charge is 2.48. The number of benzene rings is 2. The third-order valence-corrected chi connectivity index (χ3v) is 11.6. The third-order valence-electron chi connectivity index (χ3n) is 5.69. The van der Waals surface area contributed by atoms with E-state index in [1.165, 1.54) is 6.07 Å². The number of phosphoric acid groups is 4. The first kappa shape index (κ1) is 34.7. The number of fused-ring (bicyclic) bond motifs is 1. The van der Waals surface area contributed by atoms with Gasteiger partial charge in [-0.15, -0.1) is 0 Å². The molecule has 8 atom stereocenters. The fourth-order valence-electron chi connectivity index (χ4n) is 3.84. The molecule has 0 spiro atoms. The number of hydrogen-bond acceptors (Lipinski definition) is 14. The average Bonchev–Trinajstić information content (AvgIpc) is 3.17. The van der Waals surface area contributed by atoms with E-state index in [-0.39, 0.29) is 0 Å². The van der Waals surface area contributed by atoms with E-state index in [1.807, 2.05) is 4.98 Å². The lowest BCUT2D eigenvalue weighted by molar-refractivity contribution is -0.0542. The number of phosphoric ester groups is 2. The van der Waals surface area contributed by atoms with Crippen molar-refractivity contribution in [3.8, 4) is 0 Å². The van der Waals surface area contributed by atoms with Gasteiger partial charge in [-0.1, -0.05) is 36.4 Å². The molecule has 1 aromatic heterocycles. The molecule has 1 aliphatic rings. The van der Waals surface area contributed by atoms with E-state index >= 15 is 0 Å². The van der Waals surface area contributed by atoms with Crippen LogP contribution in [0.1, 0.15) is 11.8 Å². The van der Waals surface area contributed by atoms with E-state index in [0.717, 1.165) is 23.0 Å². The molecule has 0 aliphatic carbocycles. The van der Waals surface area contributed by atoms with Crippen molar-refractivity contribution >= 4 is 42.1 Å². The van der Waals surface area contributed by atoms with Gasteiger partial charge in [0.2, 0.25) is 0 Å². The molecule has 1 fully saturated rings. The number of hydrogen-bond donors (Lipinski definition) is 7. The number of nitrogens with zero attached hydrogens (tertiary/aromatic N) is 1. The van der Waals surface area contributed by atoms with Gasteiger partial charge in [0.05, 0.1) is 13.2 Å². The summed E-state index contributed by atoms with van der Waals surface area (Å²) < 4.78 is 75.2. The standard InChI is InChI=1S/C20H24N2O18P4/c23-16-7-8-22(20(26)21-16)19-18(25)17(24)15(37-19)11-36-42(29,30)39-44(33,34)40-43(31,32)38-41(27,28)35-10-12-5-6-13-3-1-2-4-14(13)9-12/h1-9,15,17-19,24-25H,10-11H2,(H,27,28)(H,29,30)(H,31,32)(H,33,34)(H,21,23,26). The Labute approximate surface area is 245 Å². The largest absolute Gasteiger partial charge is 0.490 e. The first-order valence-electron chi connectivity index (χ1n) is 11.9. The molecule has 2 aromatic carbocycles. The van der Waals surface area contributed by atoms with Crippen LogP contribution in [0.2, 0.25) is 0 Å². The second kappa shape index (κ2) is 13.3. The fraction of sp³-hybridized carbons (Fsp3) is 0.300. The molecule has 0 saturated carbocycles. The molecule has 44 heavy (non-hydrogen) atoms. The maximum atomic E-state index is 12.2. The van der Waals surface area contributed by atoms with Crippen LogP contribution in [0.15, 0.2) is 64.3 Å². The van der Waals surface area contributed by atoms with E-state index < -0.39 is 80.3 Å². The smallest absolute Gasteiger partial charge is 0.387 e. The maximum Gasteiger partial charge on any atom is 0.490 e. The summed E-state index contributed by atoms with van der Waals surface area (Å²) in [4.78, 5) is 64.1. The Bertz CT molecular complexity index is 1830. The zero-order valence-electron chi connectivity index (χ0n) is 21.7. The van der Waals surface area contributed by atoms with E-state index in [1.54, 1.807) is 36.4 Å². The van der Waals surface area contributed by atoms with Gasteiger partial charge in [0, 0.05) is 12.3 Å². The van der Waals surface area contributed by atoms with Crippen LogP contribution in [-0.2, 0) is 51.6 Å². The molecule has 0 bridgehead atoms. The Morgan fingerprint density at radius 1 is 0.773 bits per heavy atom. The lowest BCUT2D eigenvalue weighted by Gasteiger charge is -2.20. The predicted molar refractivity (Wildman–Crippen MR) is 144 cm³/mol. The number of H-pyrrole nitrogens is 1. The van der Waals surface area contributed by atoms with Crippen LogP contribution in [0, 0.1) is 0 Å². The van der Waals surface area contributed by atoms with Crippen LogP contribution in [0.3, 0.4) is 0 Å². The molecule has 2 heterocycles. The van der Waals surface area contributed by atoms with Crippen molar-refractivity contribution in [2.45, 2.75) is 31.1 Å². The molecule has 8 unspecified atom stereocenters. The first-order chi connectivity index (χ1) is 20.4. The molecule has 24 heteroatoms. The van der Waals surface area contributed by atoms with Crippen molar-refractivity contribution in [2.24, 2.45) is 0 Å². The number of rotatable bonds is 13. The highest BCUT2D eigenvalue weighted by Crippen LogP contribution is 2.71. The highest BCUT2D eigenvalue weighted by molar-refractivity contribution is 7.69. The Hall–Kier alpha value is -2.18. The number of ether oxygens (including phenoxy) is 1. The lowest BCUT2D eigenvalue weighted by Crippen LogP contribution is -2.37. The molecular weight excluding hydrogens is 680 g/mol. The summed E-state index contributed by atoms with van der Waals surface area (Å²) in [5.41, 5.74) is -1.47.